The quantitative estimate of drug-likeness (QED) is 0.342. The summed E-state index contributed by atoms with van der Waals surface area (Å²) < 4.78 is 8.37. The molecular formula is C25H19NO. The maximum absolute atomic E-state index is 6.22. The summed E-state index contributed by atoms with van der Waals surface area (Å²) in [6.45, 7) is 7.96. The Labute approximate surface area is 157 Å². The molecule has 2 aromatic heterocycles. The van der Waals surface area contributed by atoms with Gasteiger partial charge in [0.1, 0.15) is 11.2 Å². The van der Waals surface area contributed by atoms with Gasteiger partial charge in [0.25, 0.3) is 0 Å². The predicted molar refractivity (Wildman–Crippen MR) is 116 cm³/mol. The average Bonchev–Trinajstić information content (AvgIpc) is 3.22. The smallest absolute Gasteiger partial charge is 0.143 e. The van der Waals surface area contributed by atoms with Gasteiger partial charge in [-0.05, 0) is 29.8 Å². The third-order valence-electron chi connectivity index (χ3n) is 5.40. The number of hydrogen-bond acceptors (Lipinski definition) is 1. The van der Waals surface area contributed by atoms with Gasteiger partial charge in [0.15, 0.2) is 0 Å². The predicted octanol–water partition coefficient (Wildman–Crippen LogP) is 7.03. The van der Waals surface area contributed by atoms with Crippen molar-refractivity contribution in [3.05, 3.63) is 85.1 Å². The molecule has 2 nitrogen and oxygen atoms in total. The number of hydrogen-bond donors (Lipinski definition) is 0. The van der Waals surface area contributed by atoms with Crippen molar-refractivity contribution in [2.45, 2.75) is 0 Å². The molecule has 0 aliphatic carbocycles. The largest absolute Gasteiger partial charge is 0.455 e. The Morgan fingerprint density at radius 1 is 0.852 bits per heavy atom. The van der Waals surface area contributed by atoms with Gasteiger partial charge in [0.05, 0.1) is 0 Å². The highest BCUT2D eigenvalue weighted by Crippen LogP contribution is 2.37. The van der Waals surface area contributed by atoms with Crippen molar-refractivity contribution in [1.29, 1.82) is 0 Å². The SMILES string of the molecule is C=Cc1c(C=C)n(C)c2ccc(-c3cccc4c3oc3ccccc34)cc12. The lowest BCUT2D eigenvalue weighted by molar-refractivity contribution is 0.670. The normalized spacial score (nSPS) is 11.4. The molecule has 3 aromatic carbocycles. The number of benzene rings is 3. The Morgan fingerprint density at radius 3 is 2.48 bits per heavy atom. The van der Waals surface area contributed by atoms with Crippen LogP contribution in [-0.4, -0.2) is 4.57 Å². The van der Waals surface area contributed by atoms with Gasteiger partial charge < -0.3 is 8.98 Å². The molecule has 5 rings (SSSR count). The average molecular weight is 349 g/mol. The lowest BCUT2D eigenvalue weighted by atomic mass is 10.00. The van der Waals surface area contributed by atoms with Gasteiger partial charge in [-0.25, -0.2) is 0 Å². The molecule has 0 bridgehead atoms. The van der Waals surface area contributed by atoms with E-state index in [0.29, 0.717) is 0 Å². The molecule has 130 valence electrons. The van der Waals surface area contributed by atoms with E-state index in [9.17, 15) is 0 Å². The van der Waals surface area contributed by atoms with E-state index in [2.05, 4.69) is 67.2 Å². The van der Waals surface area contributed by atoms with Crippen LogP contribution in [0, 0.1) is 0 Å². The first-order chi connectivity index (χ1) is 13.2. The molecule has 0 N–H and O–H groups in total. The molecule has 0 atom stereocenters. The van der Waals surface area contributed by atoms with Gasteiger partial charge in [-0.2, -0.15) is 0 Å². The second-order valence-corrected chi connectivity index (χ2v) is 6.78. The summed E-state index contributed by atoms with van der Waals surface area (Å²) >= 11 is 0. The number of aromatic nitrogens is 1. The molecule has 0 radical (unpaired) electrons. The van der Waals surface area contributed by atoms with Crippen LogP contribution in [0.5, 0.6) is 0 Å². The minimum atomic E-state index is 0.918. The molecule has 0 saturated heterocycles. The minimum absolute atomic E-state index is 0.918. The van der Waals surface area contributed by atoms with Gasteiger partial charge in [-0.1, -0.05) is 61.7 Å². The van der Waals surface area contributed by atoms with Crippen molar-refractivity contribution >= 4 is 45.0 Å². The van der Waals surface area contributed by atoms with E-state index < -0.39 is 0 Å². The van der Waals surface area contributed by atoms with Crippen LogP contribution in [0.4, 0.5) is 0 Å². The number of aryl methyl sites for hydroxylation is 1. The second kappa shape index (κ2) is 5.75. The summed E-state index contributed by atoms with van der Waals surface area (Å²) in [5.41, 5.74) is 7.45. The molecule has 27 heavy (non-hydrogen) atoms. The fourth-order valence-corrected chi connectivity index (χ4v) is 4.10. The van der Waals surface area contributed by atoms with Crippen LogP contribution in [0.25, 0.3) is 56.1 Å². The zero-order chi connectivity index (χ0) is 18.5. The number of nitrogens with zero attached hydrogens (tertiary/aromatic N) is 1. The van der Waals surface area contributed by atoms with E-state index in [1.807, 2.05) is 30.4 Å². The van der Waals surface area contributed by atoms with E-state index in [1.54, 1.807) is 0 Å². The van der Waals surface area contributed by atoms with E-state index in [0.717, 1.165) is 44.3 Å². The highest BCUT2D eigenvalue weighted by Gasteiger charge is 2.15. The Bertz CT molecular complexity index is 1360. The van der Waals surface area contributed by atoms with Gasteiger partial charge >= 0.3 is 0 Å². The van der Waals surface area contributed by atoms with Crippen LogP contribution >= 0.6 is 0 Å². The zero-order valence-corrected chi connectivity index (χ0v) is 15.2. The number of rotatable bonds is 3. The molecule has 2 heterocycles. The van der Waals surface area contributed by atoms with Gasteiger partial charge in [-0.3, -0.25) is 0 Å². The molecule has 0 spiro atoms. The molecule has 0 aliphatic heterocycles. The maximum Gasteiger partial charge on any atom is 0.143 e. The van der Waals surface area contributed by atoms with Crippen molar-refractivity contribution in [3.63, 3.8) is 0 Å². The number of para-hydroxylation sites is 2. The lowest BCUT2D eigenvalue weighted by Crippen LogP contribution is -1.90. The summed E-state index contributed by atoms with van der Waals surface area (Å²) in [7, 11) is 2.06. The van der Waals surface area contributed by atoms with Crippen LogP contribution in [0.3, 0.4) is 0 Å². The van der Waals surface area contributed by atoms with Crippen molar-refractivity contribution < 1.29 is 4.42 Å². The zero-order valence-electron chi connectivity index (χ0n) is 15.2. The molecule has 0 fully saturated rings. The molecule has 0 saturated carbocycles. The van der Waals surface area contributed by atoms with Crippen LogP contribution < -0.4 is 0 Å². The highest BCUT2D eigenvalue weighted by molar-refractivity contribution is 6.10. The Kier molecular flexibility index (Phi) is 3.34. The third-order valence-corrected chi connectivity index (χ3v) is 5.40. The topological polar surface area (TPSA) is 18.1 Å². The maximum atomic E-state index is 6.22. The van der Waals surface area contributed by atoms with Crippen LogP contribution in [0.1, 0.15) is 11.3 Å². The van der Waals surface area contributed by atoms with E-state index in [4.69, 9.17) is 4.42 Å². The van der Waals surface area contributed by atoms with Crippen molar-refractivity contribution in [2.75, 3.05) is 0 Å². The number of furan rings is 1. The molecule has 5 aromatic rings. The first-order valence-corrected chi connectivity index (χ1v) is 9.01. The first-order valence-electron chi connectivity index (χ1n) is 9.01. The second-order valence-electron chi connectivity index (χ2n) is 6.78. The molecular weight excluding hydrogens is 330 g/mol. The van der Waals surface area contributed by atoms with Crippen LogP contribution in [-0.2, 0) is 7.05 Å². The van der Waals surface area contributed by atoms with Gasteiger partial charge in [-0.15, -0.1) is 0 Å². The summed E-state index contributed by atoms with van der Waals surface area (Å²) in [6, 6.07) is 21.1. The van der Waals surface area contributed by atoms with Crippen LogP contribution in [0.15, 0.2) is 78.2 Å². The molecule has 0 amide bonds. The van der Waals surface area contributed by atoms with Crippen LogP contribution in [0.2, 0.25) is 0 Å². The van der Waals surface area contributed by atoms with E-state index in [1.165, 1.54) is 10.9 Å². The first kappa shape index (κ1) is 15.7. The van der Waals surface area contributed by atoms with Crippen molar-refractivity contribution in [1.82, 2.24) is 4.57 Å². The molecule has 0 unspecified atom stereocenters. The van der Waals surface area contributed by atoms with Crippen molar-refractivity contribution in [2.24, 2.45) is 7.05 Å². The summed E-state index contributed by atoms with van der Waals surface area (Å²) in [5, 5.41) is 3.47. The fraction of sp³-hybridized carbons (Fsp3) is 0.0400. The van der Waals surface area contributed by atoms with E-state index in [-0.39, 0.29) is 0 Å². The Morgan fingerprint density at radius 2 is 1.67 bits per heavy atom. The summed E-state index contributed by atoms with van der Waals surface area (Å²) in [4.78, 5) is 0. The fourth-order valence-electron chi connectivity index (χ4n) is 4.10. The minimum Gasteiger partial charge on any atom is -0.455 e. The van der Waals surface area contributed by atoms with Gasteiger partial charge in [0, 0.05) is 45.5 Å². The summed E-state index contributed by atoms with van der Waals surface area (Å²) in [5.74, 6) is 0. The summed E-state index contributed by atoms with van der Waals surface area (Å²) in [6.07, 6.45) is 3.79. The molecule has 2 heteroatoms. The standard InChI is InChI=1S/C25H19NO/c1-4-17-21-15-16(13-14-23(21)26(3)22(17)5-2)18-10-8-11-20-19-9-6-7-12-24(19)27-25(18)20/h4-15H,1-2H2,3H3. The third kappa shape index (κ3) is 2.13. The van der Waals surface area contributed by atoms with E-state index >= 15 is 0 Å². The van der Waals surface area contributed by atoms with Crippen molar-refractivity contribution in [3.8, 4) is 11.1 Å². The highest BCUT2D eigenvalue weighted by atomic mass is 16.3. The Hall–Kier alpha value is -3.52. The van der Waals surface area contributed by atoms with Gasteiger partial charge in [0.2, 0.25) is 0 Å². The Balaban J connectivity index is 1.83. The molecule has 0 aliphatic rings. The monoisotopic (exact) mass is 349 g/mol. The lowest BCUT2D eigenvalue weighted by Gasteiger charge is -2.04. The number of fused-ring (bicyclic) bond motifs is 4.